The van der Waals surface area contributed by atoms with Crippen LogP contribution in [0.25, 0.3) is 34.4 Å². The third-order valence-electron chi connectivity index (χ3n) is 15.6. The van der Waals surface area contributed by atoms with Crippen molar-refractivity contribution in [2.75, 3.05) is 0 Å². The monoisotopic (exact) mass is 1060 g/mol. The van der Waals surface area contributed by atoms with Crippen LogP contribution in [0.1, 0.15) is 158 Å². The molecule has 0 amide bonds. The molecule has 8 rings (SSSR count). The maximum absolute atomic E-state index is 8.08. The first-order valence-corrected chi connectivity index (χ1v) is 45.0. The Labute approximate surface area is 394 Å². The third-order valence-corrected chi connectivity index (χ3v) is 58.7. The van der Waals surface area contributed by atoms with Gasteiger partial charge in [0.05, 0.1) is 0 Å². The Morgan fingerprint density at radius 1 is 0.525 bits per heavy atom. The fourth-order valence-electron chi connectivity index (χ4n) is 12.6. The van der Waals surface area contributed by atoms with Crippen LogP contribution in [0.15, 0.2) is 96.1 Å². The van der Waals surface area contributed by atoms with E-state index >= 15 is 0 Å². The van der Waals surface area contributed by atoms with Crippen LogP contribution in [0, 0.1) is 10.8 Å². The van der Waals surface area contributed by atoms with Gasteiger partial charge in [0.15, 0.2) is 0 Å². The Morgan fingerprint density at radius 2 is 0.902 bits per heavy atom. The molecule has 0 spiro atoms. The molecule has 61 heavy (non-hydrogen) atoms. The van der Waals surface area contributed by atoms with E-state index in [9.17, 15) is 0 Å². The molecular weight excluding hydrogens is 1000 g/mol. The number of hydrogen-bond acceptors (Lipinski definition) is 0. The van der Waals surface area contributed by atoms with Crippen LogP contribution < -0.4 is 0 Å². The van der Waals surface area contributed by atoms with Gasteiger partial charge in [-0.1, -0.05) is 0 Å². The molecule has 2 atom stereocenters. The zero-order valence-electron chi connectivity index (χ0n) is 37.3. The second-order valence-electron chi connectivity index (χ2n) is 19.7. The predicted octanol–water partition coefficient (Wildman–Crippen LogP) is 18.1. The van der Waals surface area contributed by atoms with E-state index in [4.69, 9.17) is 34.1 Å². The summed E-state index contributed by atoms with van der Waals surface area (Å²) in [5, 5.41) is 0. The van der Waals surface area contributed by atoms with E-state index in [1.807, 2.05) is 0 Å². The van der Waals surface area contributed by atoms with E-state index < -0.39 is 45.3 Å². The molecular formula is C54H68Cl4SiZr2. The fourth-order valence-corrected chi connectivity index (χ4v) is 57.2. The summed E-state index contributed by atoms with van der Waals surface area (Å²) in [4.78, 5) is 0. The molecule has 2 unspecified atom stereocenters. The maximum atomic E-state index is 8.08. The van der Waals surface area contributed by atoms with Gasteiger partial charge in [0, 0.05) is 0 Å². The van der Waals surface area contributed by atoms with Gasteiger partial charge in [-0.15, -0.1) is 0 Å². The molecule has 0 nitrogen and oxygen atoms in total. The summed E-state index contributed by atoms with van der Waals surface area (Å²) in [6.45, 7) is 9.20. The summed E-state index contributed by atoms with van der Waals surface area (Å²) in [6, 6.07) is 32.3. The molecule has 7 heteroatoms. The Kier molecular flexibility index (Phi) is 15.5. The average Bonchev–Trinajstić information content (AvgIpc) is 4.07. The SMILES string of the molecule is CCCC1(CC2=Cc3c(-c4ccc(CC)cc4)cccc3[CH]2[Zr]([Cl])([Cl])[CH2][SiH2][CH2][Zr]([Cl])([Cl])[CH]2C(CC3(CCC)CCCC3)=Cc3c(-c4ccc(CC)cc4)cccc32)CCCC1. The van der Waals surface area contributed by atoms with Crippen LogP contribution in [-0.2, 0) is 48.6 Å². The van der Waals surface area contributed by atoms with Crippen molar-refractivity contribution >= 4 is 55.7 Å². The van der Waals surface area contributed by atoms with E-state index in [1.54, 1.807) is 0 Å². The topological polar surface area (TPSA) is 0 Å². The van der Waals surface area contributed by atoms with Crippen molar-refractivity contribution in [1.82, 2.24) is 0 Å². The normalized spacial score (nSPS) is 20.7. The summed E-state index contributed by atoms with van der Waals surface area (Å²) >= 11 is -7.68. The molecule has 0 bridgehead atoms. The molecule has 0 saturated heterocycles. The molecule has 2 fully saturated rings. The predicted molar refractivity (Wildman–Crippen MR) is 266 cm³/mol. The van der Waals surface area contributed by atoms with Crippen molar-refractivity contribution in [2.45, 2.75) is 145 Å². The first-order chi connectivity index (χ1) is 29.4. The number of hydrogen-bond donors (Lipinski definition) is 0. The van der Waals surface area contributed by atoms with Gasteiger partial charge in [-0.05, 0) is 0 Å². The molecule has 4 aromatic carbocycles. The van der Waals surface area contributed by atoms with Crippen molar-refractivity contribution in [2.24, 2.45) is 10.8 Å². The van der Waals surface area contributed by atoms with E-state index in [0.717, 1.165) is 33.2 Å². The van der Waals surface area contributed by atoms with Gasteiger partial charge >= 0.3 is 399 Å². The van der Waals surface area contributed by atoms with Crippen LogP contribution >= 0.6 is 34.1 Å². The zero-order valence-corrected chi connectivity index (χ0v) is 46.7. The molecule has 2 saturated carbocycles. The number of halogens is 4. The Morgan fingerprint density at radius 3 is 1.25 bits per heavy atom. The van der Waals surface area contributed by atoms with Crippen LogP contribution in [0.4, 0.5) is 0 Å². The van der Waals surface area contributed by atoms with Gasteiger partial charge in [-0.3, -0.25) is 0 Å². The number of rotatable bonds is 18. The standard InChI is InChI=1S/2C26H31.C2H6Si.4ClH.2Zr/c2*1-3-14-26(15-5-6-16-26)19-21-17-23-8-7-9-24(25(23)18-21)22-12-10-20(4-2)11-13-22;1-3-2;;;;;;/h2*7-13,17-18H,3-6,14-16,19H2,1-2H3;1-3H2;4*1H;;/q;;;;;;;2*+2/p-4. The van der Waals surface area contributed by atoms with Crippen LogP contribution in [0.3, 0.4) is 0 Å². The molecule has 0 N–H and O–H groups in total. The van der Waals surface area contributed by atoms with E-state index in [-0.39, 0.29) is 7.25 Å². The Hall–Kier alpha value is -0.497. The van der Waals surface area contributed by atoms with Crippen molar-refractivity contribution in [3.8, 4) is 22.3 Å². The number of benzene rings is 4. The Balaban J connectivity index is 1.10. The molecule has 4 aliphatic carbocycles. The van der Waals surface area contributed by atoms with Gasteiger partial charge in [0.2, 0.25) is 0 Å². The van der Waals surface area contributed by atoms with Gasteiger partial charge in [-0.2, -0.15) is 0 Å². The molecule has 4 aromatic rings. The summed E-state index contributed by atoms with van der Waals surface area (Å²) < 4.78 is 2.38. The number of fused-ring (bicyclic) bond motifs is 2. The van der Waals surface area contributed by atoms with E-state index in [1.165, 1.54) is 144 Å². The minimum atomic E-state index is -3.84. The molecule has 4 aliphatic rings. The van der Waals surface area contributed by atoms with Crippen molar-refractivity contribution < 1.29 is 35.8 Å². The van der Waals surface area contributed by atoms with Crippen molar-refractivity contribution in [3.05, 3.63) is 129 Å². The van der Waals surface area contributed by atoms with Crippen molar-refractivity contribution in [3.63, 3.8) is 0 Å². The van der Waals surface area contributed by atoms with E-state index in [2.05, 4.69) is 125 Å². The summed E-state index contributed by atoms with van der Waals surface area (Å²) in [6.07, 6.45) is 25.2. The van der Waals surface area contributed by atoms with Gasteiger partial charge in [0.25, 0.3) is 0 Å². The van der Waals surface area contributed by atoms with Crippen LogP contribution in [0.2, 0.25) is 7.50 Å². The molecule has 0 radical (unpaired) electrons. The third kappa shape index (κ3) is 10.1. The first-order valence-electron chi connectivity index (χ1n) is 24.1. The molecule has 0 heterocycles. The van der Waals surface area contributed by atoms with E-state index in [0.29, 0.717) is 10.8 Å². The Bertz CT molecular complexity index is 2050. The number of allylic oxidation sites excluding steroid dienone is 2. The van der Waals surface area contributed by atoms with Crippen LogP contribution in [0.5, 0.6) is 0 Å². The second kappa shape index (κ2) is 20.2. The fraction of sp³-hybridized carbons (Fsp3) is 0.481. The molecule has 0 aromatic heterocycles. The molecule has 324 valence electrons. The minimum absolute atomic E-state index is 0.181. The van der Waals surface area contributed by atoms with Gasteiger partial charge in [0.1, 0.15) is 0 Å². The summed E-state index contributed by atoms with van der Waals surface area (Å²) in [5.74, 6) is 0. The number of aryl methyl sites for hydroxylation is 2. The van der Waals surface area contributed by atoms with Crippen molar-refractivity contribution in [1.29, 1.82) is 0 Å². The zero-order chi connectivity index (χ0) is 42.8. The first kappa shape index (κ1) is 47.0. The van der Waals surface area contributed by atoms with Gasteiger partial charge < -0.3 is 0 Å². The second-order valence-corrected chi connectivity index (χ2v) is 57.3. The summed E-state index contributed by atoms with van der Waals surface area (Å²) in [5.41, 5.74) is 17.3. The summed E-state index contributed by atoms with van der Waals surface area (Å²) in [7, 11) is 31.6. The average molecular weight is 1070 g/mol. The van der Waals surface area contributed by atoms with Gasteiger partial charge in [-0.25, -0.2) is 0 Å². The quantitative estimate of drug-likeness (QED) is 0.0871. The van der Waals surface area contributed by atoms with Crippen LogP contribution in [-0.4, -0.2) is 9.52 Å². The molecule has 0 aliphatic heterocycles.